The minimum atomic E-state index is -0.748. The van der Waals surface area contributed by atoms with E-state index in [4.69, 9.17) is 5.73 Å². The van der Waals surface area contributed by atoms with E-state index < -0.39 is 16.8 Å². The predicted octanol–water partition coefficient (Wildman–Crippen LogP) is 3.85. The molecule has 2 aromatic carbocycles. The summed E-state index contributed by atoms with van der Waals surface area (Å²) in [4.78, 5) is 10.4. The summed E-state index contributed by atoms with van der Waals surface area (Å²) in [7, 11) is 0. The molecule has 0 aromatic heterocycles. The first kappa shape index (κ1) is 14.6. The topological polar surface area (TPSA) is 69.2 Å². The van der Waals surface area contributed by atoms with Crippen LogP contribution in [0, 0.1) is 22.9 Å². The van der Waals surface area contributed by atoms with Crippen molar-refractivity contribution in [2.45, 2.75) is 13.0 Å². The van der Waals surface area contributed by atoms with Crippen molar-refractivity contribution in [3.63, 3.8) is 0 Å². The van der Waals surface area contributed by atoms with E-state index >= 15 is 0 Å². The van der Waals surface area contributed by atoms with Gasteiger partial charge in [-0.05, 0) is 30.2 Å². The summed E-state index contributed by atoms with van der Waals surface area (Å²) in [5.41, 5.74) is 7.50. The third kappa shape index (κ3) is 3.02. The van der Waals surface area contributed by atoms with Crippen LogP contribution in [0.25, 0.3) is 0 Å². The van der Waals surface area contributed by atoms with Crippen LogP contribution in [0.2, 0.25) is 0 Å². The average molecular weight is 339 g/mol. The van der Waals surface area contributed by atoms with Gasteiger partial charge in [-0.3, -0.25) is 10.1 Å². The maximum Gasteiger partial charge on any atom is 0.270 e. The molecule has 0 fully saturated rings. The summed E-state index contributed by atoms with van der Waals surface area (Å²) in [6, 6.07) is 8.37. The van der Waals surface area contributed by atoms with Gasteiger partial charge in [-0.25, -0.2) is 4.39 Å². The molecule has 0 saturated heterocycles. The van der Waals surface area contributed by atoms with Crippen LogP contribution in [0.15, 0.2) is 40.9 Å². The van der Waals surface area contributed by atoms with Gasteiger partial charge < -0.3 is 5.73 Å². The lowest BCUT2D eigenvalue weighted by molar-refractivity contribution is -0.385. The Kier molecular flexibility index (Phi) is 4.15. The molecule has 6 heteroatoms. The number of rotatable bonds is 3. The van der Waals surface area contributed by atoms with Crippen molar-refractivity contribution in [1.29, 1.82) is 0 Å². The van der Waals surface area contributed by atoms with Crippen molar-refractivity contribution in [2.24, 2.45) is 5.73 Å². The number of non-ortho nitro benzene ring substituents is 1. The molecule has 20 heavy (non-hydrogen) atoms. The third-order valence-electron chi connectivity index (χ3n) is 2.95. The summed E-state index contributed by atoms with van der Waals surface area (Å²) in [6.45, 7) is 1.74. The second-order valence-corrected chi connectivity index (χ2v) is 5.42. The van der Waals surface area contributed by atoms with Gasteiger partial charge in [-0.1, -0.05) is 28.1 Å². The Balaban J connectivity index is 2.47. The van der Waals surface area contributed by atoms with Crippen LogP contribution in [0.1, 0.15) is 22.7 Å². The van der Waals surface area contributed by atoms with Crippen molar-refractivity contribution in [1.82, 2.24) is 0 Å². The molecule has 4 nitrogen and oxygen atoms in total. The monoisotopic (exact) mass is 338 g/mol. The molecule has 0 amide bonds. The lowest BCUT2D eigenvalue weighted by Gasteiger charge is -2.14. The molecule has 0 bridgehead atoms. The van der Waals surface area contributed by atoms with Gasteiger partial charge in [0.1, 0.15) is 5.82 Å². The van der Waals surface area contributed by atoms with Crippen molar-refractivity contribution >= 4 is 21.6 Å². The fourth-order valence-electron chi connectivity index (χ4n) is 2.01. The highest BCUT2D eigenvalue weighted by molar-refractivity contribution is 9.10. The van der Waals surface area contributed by atoms with Gasteiger partial charge >= 0.3 is 0 Å². The van der Waals surface area contributed by atoms with Gasteiger partial charge in [0.2, 0.25) is 0 Å². The van der Waals surface area contributed by atoms with E-state index in [1.165, 1.54) is 18.2 Å². The van der Waals surface area contributed by atoms with Crippen LogP contribution < -0.4 is 5.73 Å². The van der Waals surface area contributed by atoms with Crippen molar-refractivity contribution in [3.05, 3.63) is 73.5 Å². The first-order valence-electron chi connectivity index (χ1n) is 5.85. The van der Waals surface area contributed by atoms with E-state index in [-0.39, 0.29) is 5.69 Å². The Labute approximate surface area is 123 Å². The Bertz CT molecular complexity index is 676. The van der Waals surface area contributed by atoms with Gasteiger partial charge in [0.15, 0.2) is 0 Å². The molecule has 0 aliphatic heterocycles. The molecule has 1 atom stereocenters. The minimum Gasteiger partial charge on any atom is -0.320 e. The Morgan fingerprint density at radius 3 is 2.60 bits per heavy atom. The molecule has 0 saturated carbocycles. The van der Waals surface area contributed by atoms with Crippen molar-refractivity contribution in [3.8, 4) is 0 Å². The van der Waals surface area contributed by atoms with Crippen LogP contribution in [-0.4, -0.2) is 4.92 Å². The molecule has 2 aromatic rings. The van der Waals surface area contributed by atoms with E-state index in [9.17, 15) is 14.5 Å². The Morgan fingerprint density at radius 1 is 1.30 bits per heavy atom. The number of hydrogen-bond donors (Lipinski definition) is 1. The zero-order chi connectivity index (χ0) is 14.9. The van der Waals surface area contributed by atoms with E-state index in [1.54, 1.807) is 25.1 Å². The van der Waals surface area contributed by atoms with Gasteiger partial charge in [0.25, 0.3) is 5.69 Å². The Hall–Kier alpha value is -1.79. The smallest absolute Gasteiger partial charge is 0.270 e. The molecule has 0 radical (unpaired) electrons. The SMILES string of the molecule is Cc1cc(C(N)c2ccc(Br)cc2F)cc([N+](=O)[O-])c1. The standard InChI is InChI=1S/C14H12BrFN2O2/c1-8-4-9(6-11(5-8)18(19)20)14(17)12-3-2-10(15)7-13(12)16/h2-7,14H,17H2,1H3. The number of nitrogens with two attached hydrogens (primary N) is 1. The van der Waals surface area contributed by atoms with Crippen LogP contribution >= 0.6 is 15.9 Å². The van der Waals surface area contributed by atoms with Crippen molar-refractivity contribution in [2.75, 3.05) is 0 Å². The molecule has 0 heterocycles. The number of nitrogens with zero attached hydrogens (tertiary/aromatic N) is 1. The highest BCUT2D eigenvalue weighted by atomic mass is 79.9. The van der Waals surface area contributed by atoms with E-state index in [0.717, 1.165) is 0 Å². The first-order chi connectivity index (χ1) is 9.38. The van der Waals surface area contributed by atoms with Crippen LogP contribution in [-0.2, 0) is 0 Å². The number of halogens is 2. The largest absolute Gasteiger partial charge is 0.320 e. The second-order valence-electron chi connectivity index (χ2n) is 4.50. The lowest BCUT2D eigenvalue weighted by atomic mass is 9.97. The van der Waals surface area contributed by atoms with E-state index in [0.29, 0.717) is 21.2 Å². The van der Waals surface area contributed by atoms with Gasteiger partial charge in [-0.2, -0.15) is 0 Å². The summed E-state index contributed by atoms with van der Waals surface area (Å²) < 4.78 is 14.5. The van der Waals surface area contributed by atoms with E-state index in [1.807, 2.05) is 0 Å². The second kappa shape index (κ2) is 5.68. The highest BCUT2D eigenvalue weighted by Crippen LogP contribution is 2.27. The maximum atomic E-state index is 13.9. The first-order valence-corrected chi connectivity index (χ1v) is 6.64. The number of benzene rings is 2. The minimum absolute atomic E-state index is 0.0482. The average Bonchev–Trinajstić information content (AvgIpc) is 2.37. The molecular formula is C14H12BrFN2O2. The number of hydrogen-bond acceptors (Lipinski definition) is 3. The summed E-state index contributed by atoms with van der Waals surface area (Å²) in [5, 5.41) is 10.9. The summed E-state index contributed by atoms with van der Waals surface area (Å²) in [5.74, 6) is -0.448. The van der Waals surface area contributed by atoms with Gasteiger partial charge in [-0.15, -0.1) is 0 Å². The zero-order valence-electron chi connectivity index (χ0n) is 10.6. The zero-order valence-corrected chi connectivity index (χ0v) is 12.2. The van der Waals surface area contributed by atoms with Gasteiger partial charge in [0.05, 0.1) is 11.0 Å². The molecule has 0 aliphatic rings. The quantitative estimate of drug-likeness (QED) is 0.682. The third-order valence-corrected chi connectivity index (χ3v) is 3.45. The molecule has 0 spiro atoms. The maximum absolute atomic E-state index is 13.9. The van der Waals surface area contributed by atoms with Crippen LogP contribution in [0.3, 0.4) is 0 Å². The van der Waals surface area contributed by atoms with Crippen LogP contribution in [0.5, 0.6) is 0 Å². The molecular weight excluding hydrogens is 327 g/mol. The number of nitro groups is 1. The normalized spacial score (nSPS) is 12.2. The fourth-order valence-corrected chi connectivity index (χ4v) is 2.34. The molecule has 104 valence electrons. The van der Waals surface area contributed by atoms with Gasteiger partial charge in [0, 0.05) is 22.2 Å². The highest BCUT2D eigenvalue weighted by Gasteiger charge is 2.17. The summed E-state index contributed by atoms with van der Waals surface area (Å²) >= 11 is 3.17. The molecule has 0 aliphatic carbocycles. The van der Waals surface area contributed by atoms with Crippen molar-refractivity contribution < 1.29 is 9.31 Å². The van der Waals surface area contributed by atoms with Crippen LogP contribution in [0.4, 0.5) is 10.1 Å². The number of aryl methyl sites for hydroxylation is 1. The molecule has 2 N–H and O–H groups in total. The predicted molar refractivity (Wildman–Crippen MR) is 78.0 cm³/mol. The number of nitro benzene ring substituents is 1. The summed E-state index contributed by atoms with van der Waals surface area (Å²) in [6.07, 6.45) is 0. The molecule has 1 unspecified atom stereocenters. The molecule has 2 rings (SSSR count). The Morgan fingerprint density at radius 2 is 2.00 bits per heavy atom. The fraction of sp³-hybridized carbons (Fsp3) is 0.143. The lowest BCUT2D eigenvalue weighted by Crippen LogP contribution is -2.14. The van der Waals surface area contributed by atoms with E-state index in [2.05, 4.69) is 15.9 Å².